The molecule has 3 nitrogen and oxygen atoms in total. The molecule has 1 heterocycles. The molecular formula is C12H18BrNO2. The third-order valence-electron chi connectivity index (χ3n) is 4.31. The summed E-state index contributed by atoms with van der Waals surface area (Å²) in [6.07, 6.45) is 4.10. The molecule has 90 valence electrons. The van der Waals surface area contributed by atoms with Crippen molar-refractivity contribution in [3.8, 4) is 0 Å². The molecule has 0 spiro atoms. The van der Waals surface area contributed by atoms with Gasteiger partial charge in [0.05, 0.1) is 12.7 Å². The largest absolute Gasteiger partial charge is 0.374 e. The van der Waals surface area contributed by atoms with Gasteiger partial charge >= 0.3 is 0 Å². The molecule has 1 amide bonds. The molecule has 3 atom stereocenters. The number of rotatable bonds is 2. The van der Waals surface area contributed by atoms with Crippen molar-refractivity contribution in [3.05, 3.63) is 0 Å². The molecule has 0 bridgehead atoms. The van der Waals surface area contributed by atoms with E-state index in [9.17, 15) is 4.79 Å². The summed E-state index contributed by atoms with van der Waals surface area (Å²) in [7, 11) is 0. The number of alkyl halides is 1. The normalized spacial score (nSPS) is 41.9. The zero-order valence-electron chi connectivity index (χ0n) is 9.40. The minimum Gasteiger partial charge on any atom is -0.374 e. The summed E-state index contributed by atoms with van der Waals surface area (Å²) in [5, 5.41) is 0.828. The fraction of sp³-hybridized carbons (Fsp3) is 0.917. The van der Waals surface area contributed by atoms with Crippen LogP contribution in [0.4, 0.5) is 0 Å². The fourth-order valence-electron chi connectivity index (χ4n) is 3.41. The van der Waals surface area contributed by atoms with Crippen molar-refractivity contribution >= 4 is 21.8 Å². The Balaban J connectivity index is 1.58. The van der Waals surface area contributed by atoms with Crippen molar-refractivity contribution in [3.63, 3.8) is 0 Å². The van der Waals surface area contributed by atoms with E-state index in [0.717, 1.165) is 30.3 Å². The molecule has 0 N–H and O–H groups in total. The van der Waals surface area contributed by atoms with Crippen LogP contribution in [0.3, 0.4) is 0 Å². The van der Waals surface area contributed by atoms with E-state index >= 15 is 0 Å². The van der Waals surface area contributed by atoms with Crippen molar-refractivity contribution in [1.82, 2.24) is 4.90 Å². The van der Waals surface area contributed by atoms with Crippen molar-refractivity contribution in [2.24, 2.45) is 17.8 Å². The first-order valence-corrected chi connectivity index (χ1v) is 7.39. The summed E-state index contributed by atoms with van der Waals surface area (Å²) in [5.41, 5.74) is 0. The average molecular weight is 288 g/mol. The van der Waals surface area contributed by atoms with Crippen molar-refractivity contribution in [2.75, 3.05) is 25.0 Å². The molecule has 3 rings (SSSR count). The predicted molar refractivity (Wildman–Crippen MR) is 64.4 cm³/mol. The van der Waals surface area contributed by atoms with Crippen LogP contribution in [0.2, 0.25) is 0 Å². The molecule has 3 aliphatic rings. The topological polar surface area (TPSA) is 29.5 Å². The molecule has 3 unspecified atom stereocenters. The second kappa shape index (κ2) is 4.30. The fourth-order valence-corrected chi connectivity index (χ4v) is 3.80. The number of morpholine rings is 1. The number of hydrogen-bond donors (Lipinski definition) is 0. The molecule has 0 aromatic heterocycles. The van der Waals surface area contributed by atoms with Crippen LogP contribution in [0.1, 0.15) is 19.3 Å². The number of fused-ring (bicyclic) bond motifs is 1. The lowest BCUT2D eigenvalue weighted by atomic mass is 10.1. The zero-order chi connectivity index (χ0) is 11.1. The first kappa shape index (κ1) is 11.0. The van der Waals surface area contributed by atoms with Crippen molar-refractivity contribution < 1.29 is 9.53 Å². The first-order valence-electron chi connectivity index (χ1n) is 6.27. The highest BCUT2D eigenvalue weighted by Gasteiger charge is 2.57. The summed E-state index contributed by atoms with van der Waals surface area (Å²) in [5.74, 6) is 2.25. The number of carbonyl (C=O) groups excluding carboxylic acids is 1. The van der Waals surface area contributed by atoms with Crippen LogP contribution in [0.5, 0.6) is 0 Å². The van der Waals surface area contributed by atoms with Gasteiger partial charge in [0, 0.05) is 24.3 Å². The summed E-state index contributed by atoms with van der Waals surface area (Å²) in [4.78, 5) is 14.3. The number of amides is 1. The molecule has 1 saturated heterocycles. The van der Waals surface area contributed by atoms with Crippen LogP contribution in [-0.4, -0.2) is 41.9 Å². The van der Waals surface area contributed by atoms with Crippen LogP contribution < -0.4 is 0 Å². The van der Waals surface area contributed by atoms with Gasteiger partial charge in [-0.1, -0.05) is 22.4 Å². The maximum atomic E-state index is 12.3. The Morgan fingerprint density at radius 2 is 2.12 bits per heavy atom. The third kappa shape index (κ3) is 1.80. The van der Waals surface area contributed by atoms with E-state index in [4.69, 9.17) is 4.74 Å². The van der Waals surface area contributed by atoms with Gasteiger partial charge in [-0.05, 0) is 24.7 Å². The van der Waals surface area contributed by atoms with Gasteiger partial charge in [0.15, 0.2) is 0 Å². The average Bonchev–Trinajstić information content (AvgIpc) is 2.81. The molecular weight excluding hydrogens is 270 g/mol. The quantitative estimate of drug-likeness (QED) is 0.723. The van der Waals surface area contributed by atoms with Crippen molar-refractivity contribution in [1.29, 1.82) is 0 Å². The first-order chi connectivity index (χ1) is 7.81. The van der Waals surface area contributed by atoms with E-state index in [0.29, 0.717) is 18.4 Å². The smallest absolute Gasteiger partial charge is 0.226 e. The molecule has 2 aliphatic carbocycles. The summed E-state index contributed by atoms with van der Waals surface area (Å²) >= 11 is 3.43. The number of nitrogens with zero attached hydrogens (tertiary/aromatic N) is 1. The van der Waals surface area contributed by atoms with Gasteiger partial charge in [0.1, 0.15) is 0 Å². The molecule has 1 aliphatic heterocycles. The minimum atomic E-state index is 0.191. The summed E-state index contributed by atoms with van der Waals surface area (Å²) < 4.78 is 5.56. The van der Waals surface area contributed by atoms with E-state index in [-0.39, 0.29) is 6.10 Å². The minimum absolute atomic E-state index is 0.191. The third-order valence-corrected chi connectivity index (χ3v) is 5.04. The predicted octanol–water partition coefficient (Wildman–Crippen LogP) is 1.65. The molecule has 3 fully saturated rings. The Morgan fingerprint density at radius 1 is 1.38 bits per heavy atom. The van der Waals surface area contributed by atoms with E-state index in [1.54, 1.807) is 0 Å². The lowest BCUT2D eigenvalue weighted by molar-refractivity contribution is -0.140. The van der Waals surface area contributed by atoms with Crippen molar-refractivity contribution in [2.45, 2.75) is 25.4 Å². The summed E-state index contributed by atoms with van der Waals surface area (Å²) in [6.45, 7) is 2.27. The molecule has 0 aromatic carbocycles. The van der Waals surface area contributed by atoms with Gasteiger partial charge in [-0.15, -0.1) is 0 Å². The van der Waals surface area contributed by atoms with Crippen LogP contribution in [0.25, 0.3) is 0 Å². The Labute approximate surface area is 105 Å². The summed E-state index contributed by atoms with van der Waals surface area (Å²) in [6, 6.07) is 0. The van der Waals surface area contributed by atoms with Gasteiger partial charge in [-0.2, -0.15) is 0 Å². The molecule has 16 heavy (non-hydrogen) atoms. The number of hydrogen-bond acceptors (Lipinski definition) is 2. The van der Waals surface area contributed by atoms with Gasteiger partial charge in [0.25, 0.3) is 0 Å². The van der Waals surface area contributed by atoms with Gasteiger partial charge < -0.3 is 9.64 Å². The molecule has 2 saturated carbocycles. The number of carbonyl (C=O) groups is 1. The Morgan fingerprint density at radius 3 is 2.81 bits per heavy atom. The second-order valence-corrected chi connectivity index (χ2v) is 5.86. The van der Waals surface area contributed by atoms with Crippen LogP contribution >= 0.6 is 15.9 Å². The second-order valence-electron chi connectivity index (χ2n) is 5.22. The molecule has 0 radical (unpaired) electrons. The van der Waals surface area contributed by atoms with Gasteiger partial charge in [-0.3, -0.25) is 4.79 Å². The lowest BCUT2D eigenvalue weighted by Gasteiger charge is -2.32. The molecule has 0 aromatic rings. The van der Waals surface area contributed by atoms with E-state index in [2.05, 4.69) is 15.9 Å². The lowest BCUT2D eigenvalue weighted by Crippen LogP contribution is -2.47. The van der Waals surface area contributed by atoms with E-state index in [1.165, 1.54) is 19.3 Å². The number of halogens is 1. The van der Waals surface area contributed by atoms with Gasteiger partial charge in [0.2, 0.25) is 5.91 Å². The monoisotopic (exact) mass is 287 g/mol. The number of ether oxygens (including phenoxy) is 1. The SMILES string of the molecule is O=C(C1C2CCCC21)N1CCOC(CBr)C1. The van der Waals surface area contributed by atoms with E-state index in [1.807, 2.05) is 4.90 Å². The van der Waals surface area contributed by atoms with Crippen LogP contribution in [0.15, 0.2) is 0 Å². The van der Waals surface area contributed by atoms with Crippen LogP contribution in [0, 0.1) is 17.8 Å². The maximum Gasteiger partial charge on any atom is 0.226 e. The highest BCUT2D eigenvalue weighted by atomic mass is 79.9. The highest BCUT2D eigenvalue weighted by Crippen LogP contribution is 2.58. The van der Waals surface area contributed by atoms with Crippen LogP contribution in [-0.2, 0) is 9.53 Å². The standard InChI is InChI=1S/C12H18BrNO2/c13-6-8-7-14(4-5-16-8)12(15)11-9-2-1-3-10(9)11/h8-11H,1-7H2. The Bertz CT molecular complexity index is 287. The highest BCUT2D eigenvalue weighted by molar-refractivity contribution is 9.09. The van der Waals surface area contributed by atoms with E-state index < -0.39 is 0 Å². The molecule has 4 heteroatoms. The Hall–Kier alpha value is -0.0900. The van der Waals surface area contributed by atoms with Gasteiger partial charge in [-0.25, -0.2) is 0 Å². The maximum absolute atomic E-state index is 12.3. The Kier molecular flexibility index (Phi) is 2.96. The zero-order valence-corrected chi connectivity index (χ0v) is 11.0.